The molecule has 1 fully saturated rings. The van der Waals surface area contributed by atoms with Crippen LogP contribution in [-0.2, 0) is 27.1 Å². The van der Waals surface area contributed by atoms with Crippen LogP contribution < -0.4 is 14.4 Å². The van der Waals surface area contributed by atoms with Crippen molar-refractivity contribution in [3.8, 4) is 0 Å². The summed E-state index contributed by atoms with van der Waals surface area (Å²) in [5.74, 6) is 0. The van der Waals surface area contributed by atoms with Crippen LogP contribution in [0.25, 0.3) is 0 Å². The zero-order valence-corrected chi connectivity index (χ0v) is 35.9. The van der Waals surface area contributed by atoms with Crippen molar-refractivity contribution in [3.05, 3.63) is 166 Å². The zero-order chi connectivity index (χ0) is 44.7. The van der Waals surface area contributed by atoms with Gasteiger partial charge in [0.1, 0.15) is 0 Å². The maximum absolute atomic E-state index is 13.8. The summed E-state index contributed by atoms with van der Waals surface area (Å²) in [5.41, 5.74) is 6.36. The van der Waals surface area contributed by atoms with E-state index in [-0.39, 0.29) is 5.41 Å². The van der Waals surface area contributed by atoms with Crippen molar-refractivity contribution in [2.45, 2.75) is 83.8 Å². The van der Waals surface area contributed by atoms with Crippen molar-refractivity contribution in [2.75, 3.05) is 22.9 Å². The van der Waals surface area contributed by atoms with E-state index in [9.17, 15) is 26.3 Å². The van der Waals surface area contributed by atoms with E-state index in [0.717, 1.165) is 47.9 Å². The van der Waals surface area contributed by atoms with E-state index in [1.54, 1.807) is 6.07 Å². The minimum absolute atomic E-state index is 0.159. The molecule has 4 aromatic carbocycles. The number of anilines is 2. The van der Waals surface area contributed by atoms with Gasteiger partial charge in [0.15, 0.2) is 10.1 Å². The Kier molecular flexibility index (Phi) is 12.4. The molecule has 4 aromatic rings. The highest BCUT2D eigenvalue weighted by molar-refractivity contribution is 7.86. The third kappa shape index (κ3) is 8.86. The summed E-state index contributed by atoms with van der Waals surface area (Å²) in [4.78, 5) is 4.60. The Morgan fingerprint density at radius 2 is 1.07 bits per heavy atom. The van der Waals surface area contributed by atoms with Crippen molar-refractivity contribution in [1.29, 1.82) is 0 Å². The summed E-state index contributed by atoms with van der Waals surface area (Å²) in [7, 11) is -6.09. The van der Waals surface area contributed by atoms with Gasteiger partial charge in [0, 0.05) is 82.1 Å². The molecule has 322 valence electrons. The van der Waals surface area contributed by atoms with Crippen molar-refractivity contribution in [2.24, 2.45) is 0 Å². The Hall–Kier alpha value is -5.40. The van der Waals surface area contributed by atoms with Gasteiger partial charge in [-0.15, -0.1) is 0 Å². The minimum Gasteiger partial charge on any atom is -0.741 e. The van der Waals surface area contributed by atoms with Crippen LogP contribution in [0.3, 0.4) is 0 Å². The Balaban J connectivity index is 0.000000708. The highest BCUT2D eigenvalue weighted by Crippen LogP contribution is 2.50. The van der Waals surface area contributed by atoms with Crippen LogP contribution in [0.5, 0.6) is 0 Å². The fourth-order valence-electron chi connectivity index (χ4n) is 8.57. The molecule has 0 atom stereocenters. The third-order valence-electron chi connectivity index (χ3n) is 11.6. The number of benzene rings is 4. The lowest BCUT2D eigenvalue weighted by molar-refractivity contribution is -0.137. The molecule has 7 rings (SSSR count). The van der Waals surface area contributed by atoms with E-state index < -0.39 is 32.8 Å². The molecule has 0 radical (unpaired) electrons. The number of aryl methyl sites for hydroxylation is 1. The lowest BCUT2D eigenvalue weighted by atomic mass is 9.83. The second-order valence-electron chi connectivity index (χ2n) is 16.2. The SMILES string of the molecule is CCN1C(=CC=C2CCC(=C/C=C3/N(CC)c4ccc(C)cc4C3(C)C)C2=[N+](c2ccccc2)c2ccccc2)C(C)(C)c2cc(C(F)(F)F)ccc21.O=S(=O)([O-])C(F)(F)F. The van der Waals surface area contributed by atoms with Gasteiger partial charge in [-0.1, -0.05) is 93.9 Å². The number of halogens is 6. The number of para-hydroxylation sites is 2. The van der Waals surface area contributed by atoms with Gasteiger partial charge >= 0.3 is 11.7 Å². The molecule has 2 aliphatic heterocycles. The van der Waals surface area contributed by atoms with Gasteiger partial charge in [0.2, 0.25) is 17.1 Å². The van der Waals surface area contributed by atoms with Gasteiger partial charge in [-0.2, -0.15) is 30.9 Å². The van der Waals surface area contributed by atoms with Crippen molar-refractivity contribution in [3.63, 3.8) is 0 Å². The predicted molar refractivity (Wildman–Crippen MR) is 231 cm³/mol. The second-order valence-corrected chi connectivity index (χ2v) is 17.6. The minimum atomic E-state index is -6.09. The maximum atomic E-state index is 13.8. The normalized spacial score (nSPS) is 19.7. The molecule has 0 bridgehead atoms. The van der Waals surface area contributed by atoms with Crippen LogP contribution in [0, 0.1) is 6.92 Å². The maximum Gasteiger partial charge on any atom is 0.485 e. The second kappa shape index (κ2) is 16.8. The number of alkyl halides is 6. The van der Waals surface area contributed by atoms with E-state index in [4.69, 9.17) is 13.0 Å². The summed E-state index contributed by atoms with van der Waals surface area (Å²) < 4.78 is 103. The number of hydrogen-bond donors (Lipinski definition) is 0. The van der Waals surface area contributed by atoms with E-state index in [2.05, 4.69) is 140 Å². The third-order valence-corrected chi connectivity index (χ3v) is 12.2. The highest BCUT2D eigenvalue weighted by Gasteiger charge is 2.43. The standard InChI is InChI=1S/C47H49F3N3.CHF3O3S/c1-8-51-40-26-20-32(3)30-38(40)45(4,5)42(51)28-23-33-21-22-34(44(33)53(36-16-12-10-13-17-36)37-18-14-11-15-19-37)24-29-43-46(6,7)39-31-35(47(48,49)50)25-27-41(39)52(43)9-2;2-1(3,4)8(5,6)7/h10-20,23-31H,8-9,21-22H2,1-7H3;(H,5,6,7)/q+1;/p-1. The van der Waals surface area contributed by atoms with Gasteiger partial charge in [-0.25, -0.2) is 8.42 Å². The monoisotopic (exact) mass is 861 g/mol. The average Bonchev–Trinajstić information content (AvgIpc) is 3.76. The fraction of sp³-hybridized carbons (Fsp3) is 0.312. The first-order valence-electron chi connectivity index (χ1n) is 20.0. The van der Waals surface area contributed by atoms with Crippen LogP contribution in [0.2, 0.25) is 0 Å². The van der Waals surface area contributed by atoms with Crippen molar-refractivity contribution < 1.29 is 39.3 Å². The lowest BCUT2D eigenvalue weighted by Gasteiger charge is -2.26. The molecule has 0 N–H and O–H groups in total. The van der Waals surface area contributed by atoms with Crippen LogP contribution in [-0.4, -0.2) is 37.3 Å². The Labute approximate surface area is 354 Å². The van der Waals surface area contributed by atoms with Gasteiger partial charge in [0.25, 0.3) is 0 Å². The first kappa shape index (κ1) is 45.1. The van der Waals surface area contributed by atoms with Gasteiger partial charge in [-0.3, -0.25) is 0 Å². The summed E-state index contributed by atoms with van der Waals surface area (Å²) in [5, 5.41) is 0. The number of rotatable bonds is 6. The largest absolute Gasteiger partial charge is 0.741 e. The molecule has 0 unspecified atom stereocenters. The molecule has 1 aliphatic carbocycles. The number of hydrogen-bond acceptors (Lipinski definition) is 5. The summed E-state index contributed by atoms with van der Waals surface area (Å²) >= 11 is 0. The molecule has 0 saturated heterocycles. The quantitative estimate of drug-likeness (QED) is 0.0836. The summed E-state index contributed by atoms with van der Waals surface area (Å²) in [6.07, 6.45) is 6.32. The fourth-order valence-corrected chi connectivity index (χ4v) is 8.57. The van der Waals surface area contributed by atoms with E-state index in [1.165, 1.54) is 45.8 Å². The molecule has 0 aromatic heterocycles. The molecule has 13 heteroatoms. The lowest BCUT2D eigenvalue weighted by Crippen LogP contribution is -2.26. The van der Waals surface area contributed by atoms with Crippen LogP contribution in [0.15, 0.2) is 144 Å². The average molecular weight is 862 g/mol. The molecule has 61 heavy (non-hydrogen) atoms. The number of nitrogens with zero attached hydrogens (tertiary/aromatic N) is 3. The molecular formula is C48H49F6N3O3S. The Morgan fingerprint density at radius 1 is 0.656 bits per heavy atom. The van der Waals surface area contributed by atoms with Gasteiger partial charge in [-0.05, 0) is 81.2 Å². The molecule has 2 heterocycles. The smallest absolute Gasteiger partial charge is 0.485 e. The van der Waals surface area contributed by atoms with Crippen LogP contribution in [0.4, 0.5) is 49.1 Å². The zero-order valence-electron chi connectivity index (χ0n) is 35.1. The molecule has 6 nitrogen and oxygen atoms in total. The van der Waals surface area contributed by atoms with E-state index >= 15 is 0 Å². The molecular weight excluding hydrogens is 813 g/mol. The van der Waals surface area contributed by atoms with Gasteiger partial charge < -0.3 is 14.4 Å². The van der Waals surface area contributed by atoms with Gasteiger partial charge in [0.05, 0.1) is 5.56 Å². The number of fused-ring (bicyclic) bond motifs is 2. The molecule has 0 spiro atoms. The molecule has 1 saturated carbocycles. The van der Waals surface area contributed by atoms with Crippen LogP contribution in [0.1, 0.15) is 76.6 Å². The van der Waals surface area contributed by atoms with E-state index in [1.807, 2.05) is 26.0 Å². The molecule has 3 aliphatic rings. The number of likely N-dealkylation sites (N-methyl/N-ethyl adjacent to an activating group) is 2. The Bertz CT molecular complexity index is 2530. The first-order valence-corrected chi connectivity index (χ1v) is 21.4. The highest BCUT2D eigenvalue weighted by atomic mass is 32.2. The van der Waals surface area contributed by atoms with Crippen molar-refractivity contribution >= 4 is 38.6 Å². The van der Waals surface area contributed by atoms with Crippen LogP contribution >= 0.6 is 0 Å². The summed E-state index contributed by atoms with van der Waals surface area (Å²) in [6, 6.07) is 31.9. The Morgan fingerprint density at radius 3 is 1.46 bits per heavy atom. The topological polar surface area (TPSA) is 66.7 Å². The first-order chi connectivity index (χ1) is 28.5. The predicted octanol–water partition coefficient (Wildman–Crippen LogP) is 12.4. The number of allylic oxidation sites excluding steroid dienone is 8. The molecule has 0 amide bonds. The van der Waals surface area contributed by atoms with E-state index in [0.29, 0.717) is 12.1 Å². The summed E-state index contributed by atoms with van der Waals surface area (Å²) in [6.45, 7) is 16.7. The van der Waals surface area contributed by atoms with Crippen molar-refractivity contribution in [1.82, 2.24) is 4.58 Å².